The third kappa shape index (κ3) is 3.09. The summed E-state index contributed by atoms with van der Waals surface area (Å²) in [4.78, 5) is 14.7. The molecular weight excluding hydrogens is 357 g/mol. The summed E-state index contributed by atoms with van der Waals surface area (Å²) in [5, 5.41) is 10.5. The quantitative estimate of drug-likeness (QED) is 0.700. The molecule has 1 aliphatic rings. The number of piperidine rings is 1. The molecule has 0 radical (unpaired) electrons. The SMILES string of the molecule is Cn1c(=O)c(C#N)c(N2CCC(Oc3ccccc3F)CC2)c2ccccc21. The number of fused-ring (bicyclic) bond motifs is 1. The highest BCUT2D eigenvalue weighted by molar-refractivity contribution is 5.94. The van der Waals surface area contributed by atoms with Gasteiger partial charge in [-0.25, -0.2) is 4.39 Å². The molecule has 0 N–H and O–H groups in total. The van der Waals surface area contributed by atoms with Gasteiger partial charge in [0.15, 0.2) is 11.6 Å². The summed E-state index contributed by atoms with van der Waals surface area (Å²) in [6.07, 6.45) is 1.27. The van der Waals surface area contributed by atoms with Crippen LogP contribution in [-0.4, -0.2) is 23.8 Å². The molecule has 1 saturated heterocycles. The molecule has 28 heavy (non-hydrogen) atoms. The average molecular weight is 377 g/mol. The molecule has 6 heteroatoms. The fourth-order valence-electron chi connectivity index (χ4n) is 3.83. The van der Waals surface area contributed by atoms with Crippen LogP contribution in [0.5, 0.6) is 5.75 Å². The second-order valence-electron chi connectivity index (χ2n) is 6.95. The van der Waals surface area contributed by atoms with Crippen LogP contribution in [0.2, 0.25) is 0 Å². The molecule has 0 atom stereocenters. The highest BCUT2D eigenvalue weighted by Crippen LogP contribution is 2.31. The zero-order chi connectivity index (χ0) is 19.7. The number of anilines is 1. The Labute approximate surface area is 162 Å². The predicted molar refractivity (Wildman–Crippen MR) is 106 cm³/mol. The molecule has 0 aliphatic carbocycles. The Morgan fingerprint density at radius 1 is 1.11 bits per heavy atom. The molecule has 0 amide bonds. The van der Waals surface area contributed by atoms with Gasteiger partial charge in [-0.1, -0.05) is 30.3 Å². The van der Waals surface area contributed by atoms with E-state index in [-0.39, 0.29) is 28.8 Å². The first-order valence-corrected chi connectivity index (χ1v) is 9.28. The van der Waals surface area contributed by atoms with Gasteiger partial charge in [0.1, 0.15) is 17.7 Å². The minimum absolute atomic E-state index is 0.100. The van der Waals surface area contributed by atoms with Gasteiger partial charge in [-0.2, -0.15) is 5.26 Å². The molecule has 4 rings (SSSR count). The van der Waals surface area contributed by atoms with Crippen LogP contribution in [0, 0.1) is 17.1 Å². The number of benzene rings is 2. The number of hydrogen-bond donors (Lipinski definition) is 0. The lowest BCUT2D eigenvalue weighted by atomic mass is 10.0. The number of hydrogen-bond acceptors (Lipinski definition) is 4. The van der Waals surface area contributed by atoms with Gasteiger partial charge >= 0.3 is 0 Å². The standard InChI is InChI=1S/C22H20FN3O2/c1-25-19-8-4-2-6-16(19)21(17(14-24)22(25)27)26-12-10-15(11-13-26)28-20-9-5-3-7-18(20)23/h2-9,15H,10-13H2,1H3. The van der Waals surface area contributed by atoms with Gasteiger partial charge < -0.3 is 14.2 Å². The molecule has 1 aromatic heterocycles. The summed E-state index contributed by atoms with van der Waals surface area (Å²) in [7, 11) is 1.68. The van der Waals surface area contributed by atoms with E-state index >= 15 is 0 Å². The number of halogens is 1. The Hall–Kier alpha value is -3.33. The third-order valence-electron chi connectivity index (χ3n) is 5.28. The lowest BCUT2D eigenvalue weighted by molar-refractivity contribution is 0.164. The molecule has 1 aliphatic heterocycles. The lowest BCUT2D eigenvalue weighted by Crippen LogP contribution is -2.40. The van der Waals surface area contributed by atoms with E-state index in [4.69, 9.17) is 4.74 Å². The van der Waals surface area contributed by atoms with E-state index in [2.05, 4.69) is 11.0 Å². The molecule has 0 unspecified atom stereocenters. The van der Waals surface area contributed by atoms with Gasteiger partial charge in [0.05, 0.1) is 11.2 Å². The van der Waals surface area contributed by atoms with Gasteiger partial charge in [0.2, 0.25) is 0 Å². The number of aryl methyl sites for hydroxylation is 1. The molecule has 3 aromatic rings. The first kappa shape index (κ1) is 18.1. The van der Waals surface area contributed by atoms with Crippen LogP contribution in [0.15, 0.2) is 53.3 Å². The smallest absolute Gasteiger partial charge is 0.270 e. The van der Waals surface area contributed by atoms with Gasteiger partial charge in [-0.15, -0.1) is 0 Å². The molecular formula is C22H20FN3O2. The van der Waals surface area contributed by atoms with E-state index < -0.39 is 0 Å². The maximum atomic E-state index is 13.8. The van der Waals surface area contributed by atoms with Crippen molar-refractivity contribution in [2.75, 3.05) is 18.0 Å². The summed E-state index contributed by atoms with van der Waals surface area (Å²) >= 11 is 0. The topological polar surface area (TPSA) is 58.3 Å². The molecule has 0 spiro atoms. The molecule has 2 heterocycles. The summed E-state index contributed by atoms with van der Waals surface area (Å²) in [6.45, 7) is 1.26. The second-order valence-corrected chi connectivity index (χ2v) is 6.95. The van der Waals surface area contributed by atoms with E-state index in [1.165, 1.54) is 10.6 Å². The number of nitrogens with zero attached hydrogens (tertiary/aromatic N) is 3. The Balaban J connectivity index is 1.63. The predicted octanol–water partition coefficient (Wildman–Crippen LogP) is 3.60. The van der Waals surface area contributed by atoms with E-state index in [0.29, 0.717) is 31.6 Å². The van der Waals surface area contributed by atoms with Crippen LogP contribution in [-0.2, 0) is 7.05 Å². The molecule has 1 fully saturated rings. The van der Waals surface area contributed by atoms with Crippen molar-refractivity contribution in [3.63, 3.8) is 0 Å². The minimum atomic E-state index is -0.366. The second kappa shape index (κ2) is 7.35. The molecule has 2 aromatic carbocycles. The Kier molecular flexibility index (Phi) is 4.74. The number of nitriles is 1. The first-order valence-electron chi connectivity index (χ1n) is 9.28. The first-order chi connectivity index (χ1) is 13.6. The van der Waals surface area contributed by atoms with Crippen molar-refractivity contribution in [2.45, 2.75) is 18.9 Å². The van der Waals surface area contributed by atoms with Crippen molar-refractivity contribution in [1.29, 1.82) is 5.26 Å². The lowest BCUT2D eigenvalue weighted by Gasteiger charge is -2.35. The third-order valence-corrected chi connectivity index (χ3v) is 5.28. The molecule has 0 saturated carbocycles. The molecule has 142 valence electrons. The Morgan fingerprint density at radius 3 is 2.50 bits per heavy atom. The van der Waals surface area contributed by atoms with Crippen LogP contribution in [0.25, 0.3) is 10.9 Å². The van der Waals surface area contributed by atoms with Crippen molar-refractivity contribution >= 4 is 16.6 Å². The van der Waals surface area contributed by atoms with Crippen LogP contribution in [0.4, 0.5) is 10.1 Å². The van der Waals surface area contributed by atoms with Gasteiger partial charge in [-0.05, 0) is 18.2 Å². The van der Waals surface area contributed by atoms with Crippen LogP contribution in [0.1, 0.15) is 18.4 Å². The van der Waals surface area contributed by atoms with Gasteiger partial charge in [-0.3, -0.25) is 4.79 Å². The zero-order valence-corrected chi connectivity index (χ0v) is 15.6. The Morgan fingerprint density at radius 2 is 1.79 bits per heavy atom. The van der Waals surface area contributed by atoms with Crippen molar-refractivity contribution in [1.82, 2.24) is 4.57 Å². The van der Waals surface area contributed by atoms with Crippen molar-refractivity contribution < 1.29 is 9.13 Å². The minimum Gasteiger partial charge on any atom is -0.487 e. The van der Waals surface area contributed by atoms with Gasteiger partial charge in [0.25, 0.3) is 5.56 Å². The number of rotatable bonds is 3. The van der Waals surface area contributed by atoms with E-state index in [0.717, 1.165) is 10.9 Å². The largest absolute Gasteiger partial charge is 0.487 e. The van der Waals surface area contributed by atoms with E-state index in [1.54, 1.807) is 25.2 Å². The highest BCUT2D eigenvalue weighted by Gasteiger charge is 2.26. The van der Waals surface area contributed by atoms with E-state index in [1.807, 2.05) is 24.3 Å². The monoisotopic (exact) mass is 377 g/mol. The van der Waals surface area contributed by atoms with E-state index in [9.17, 15) is 14.4 Å². The summed E-state index contributed by atoms with van der Waals surface area (Å²) in [6, 6.07) is 16.1. The molecule has 0 bridgehead atoms. The fraction of sp³-hybridized carbons (Fsp3) is 0.273. The van der Waals surface area contributed by atoms with Crippen LogP contribution < -0.4 is 15.2 Å². The number of pyridine rings is 1. The Bertz CT molecular complexity index is 1120. The normalized spacial score (nSPS) is 14.8. The number of aromatic nitrogens is 1. The average Bonchev–Trinajstić information content (AvgIpc) is 2.73. The van der Waals surface area contributed by atoms with Crippen LogP contribution >= 0.6 is 0 Å². The highest BCUT2D eigenvalue weighted by atomic mass is 19.1. The number of ether oxygens (including phenoxy) is 1. The van der Waals surface area contributed by atoms with Crippen molar-refractivity contribution in [3.8, 4) is 11.8 Å². The summed E-state index contributed by atoms with van der Waals surface area (Å²) in [5.74, 6) is -0.105. The molecule has 5 nitrogen and oxygen atoms in total. The number of para-hydroxylation sites is 2. The fourth-order valence-corrected chi connectivity index (χ4v) is 3.83. The van der Waals surface area contributed by atoms with Crippen molar-refractivity contribution in [2.24, 2.45) is 7.05 Å². The van der Waals surface area contributed by atoms with Crippen LogP contribution in [0.3, 0.4) is 0 Å². The zero-order valence-electron chi connectivity index (χ0n) is 15.6. The maximum absolute atomic E-state index is 13.8. The maximum Gasteiger partial charge on any atom is 0.270 e. The van der Waals surface area contributed by atoms with Crippen molar-refractivity contribution in [3.05, 3.63) is 70.3 Å². The summed E-state index contributed by atoms with van der Waals surface area (Å²) < 4.78 is 21.2. The summed E-state index contributed by atoms with van der Waals surface area (Å²) in [5.41, 5.74) is 1.35. The van der Waals surface area contributed by atoms with Gasteiger partial charge in [0, 0.05) is 38.4 Å².